The van der Waals surface area contributed by atoms with E-state index in [1.807, 2.05) is 0 Å². The third kappa shape index (κ3) is 4.17. The van der Waals surface area contributed by atoms with Gasteiger partial charge in [0.25, 0.3) is 0 Å². The van der Waals surface area contributed by atoms with Crippen LogP contribution in [0.25, 0.3) is 0 Å². The van der Waals surface area contributed by atoms with Gasteiger partial charge in [0.15, 0.2) is 0 Å². The van der Waals surface area contributed by atoms with Gasteiger partial charge in [-0.2, -0.15) is 22.6 Å². The van der Waals surface area contributed by atoms with Crippen molar-refractivity contribution in [1.29, 1.82) is 0 Å². The highest BCUT2D eigenvalue weighted by molar-refractivity contribution is 7.89. The molecule has 0 aliphatic carbocycles. The summed E-state index contributed by atoms with van der Waals surface area (Å²) in [5.74, 6) is 0. The largest absolute Gasteiger partial charge is 0.408 e. The van der Waals surface area contributed by atoms with Crippen molar-refractivity contribution < 1.29 is 21.6 Å². The molecule has 2 aliphatic rings. The number of nitrogens with zero attached hydrogens (tertiary/aromatic N) is 3. The number of fused-ring (bicyclic) bond motifs is 2. The minimum absolute atomic E-state index is 0. The van der Waals surface area contributed by atoms with Crippen molar-refractivity contribution in [3.8, 4) is 0 Å². The van der Waals surface area contributed by atoms with E-state index in [1.54, 1.807) is 0 Å². The zero-order chi connectivity index (χ0) is 16.0. The van der Waals surface area contributed by atoms with Crippen molar-refractivity contribution >= 4 is 22.4 Å². The fourth-order valence-electron chi connectivity index (χ4n) is 3.03. The maximum Gasteiger partial charge on any atom is 0.408 e. The van der Waals surface area contributed by atoms with Gasteiger partial charge in [0.05, 0.1) is 6.20 Å². The van der Waals surface area contributed by atoms with Gasteiger partial charge in [-0.05, 0) is 19.3 Å². The van der Waals surface area contributed by atoms with Crippen molar-refractivity contribution in [2.45, 2.75) is 49.0 Å². The second-order valence-corrected chi connectivity index (χ2v) is 7.72. The molecule has 11 heteroatoms. The van der Waals surface area contributed by atoms with E-state index >= 15 is 0 Å². The summed E-state index contributed by atoms with van der Waals surface area (Å²) < 4.78 is 64.1. The van der Waals surface area contributed by atoms with Crippen molar-refractivity contribution in [3.05, 3.63) is 12.4 Å². The first-order valence-corrected chi connectivity index (χ1v) is 8.53. The van der Waals surface area contributed by atoms with Crippen LogP contribution in [0, 0.1) is 0 Å². The van der Waals surface area contributed by atoms with Crippen molar-refractivity contribution in [2.24, 2.45) is 0 Å². The van der Waals surface area contributed by atoms with Crippen LogP contribution in [0.3, 0.4) is 0 Å². The van der Waals surface area contributed by atoms with Crippen LogP contribution in [0.4, 0.5) is 13.2 Å². The average Bonchev–Trinajstić information content (AvgIpc) is 2.94. The fraction of sp³-hybridized carbons (Fsp3) is 0.750. The first kappa shape index (κ1) is 18.5. The molecule has 0 saturated carbocycles. The van der Waals surface area contributed by atoms with Gasteiger partial charge in [-0.15, -0.1) is 12.4 Å². The summed E-state index contributed by atoms with van der Waals surface area (Å²) in [5.41, 5.74) is 0. The molecule has 2 fully saturated rings. The Balaban J connectivity index is 0.00000192. The molecule has 23 heavy (non-hydrogen) atoms. The molecule has 0 aromatic carbocycles. The third-order valence-corrected chi connectivity index (χ3v) is 5.89. The minimum Gasteiger partial charge on any atom is -0.310 e. The van der Waals surface area contributed by atoms with Crippen LogP contribution in [0.2, 0.25) is 0 Å². The molecule has 2 aliphatic heterocycles. The van der Waals surface area contributed by atoms with Crippen LogP contribution < -0.4 is 5.32 Å². The Bertz CT molecular complexity index is 649. The van der Waals surface area contributed by atoms with Gasteiger partial charge in [0.2, 0.25) is 10.0 Å². The highest BCUT2D eigenvalue weighted by Gasteiger charge is 2.36. The van der Waals surface area contributed by atoms with E-state index in [-0.39, 0.29) is 23.3 Å². The molecule has 0 amide bonds. The van der Waals surface area contributed by atoms with Crippen LogP contribution in [0.1, 0.15) is 19.3 Å². The monoisotopic (exact) mass is 374 g/mol. The predicted octanol–water partition coefficient (Wildman–Crippen LogP) is 1.38. The van der Waals surface area contributed by atoms with E-state index < -0.39 is 22.7 Å². The Morgan fingerprint density at radius 2 is 1.96 bits per heavy atom. The molecule has 6 nitrogen and oxygen atoms in total. The van der Waals surface area contributed by atoms with E-state index in [0.717, 1.165) is 25.2 Å². The number of hydrogen-bond donors (Lipinski definition) is 1. The first-order valence-electron chi connectivity index (χ1n) is 7.09. The Hall–Kier alpha value is -0.840. The molecule has 2 bridgehead atoms. The van der Waals surface area contributed by atoms with Gasteiger partial charge in [-0.1, -0.05) is 0 Å². The molecule has 3 rings (SSSR count). The van der Waals surface area contributed by atoms with Gasteiger partial charge in [-0.3, -0.25) is 4.68 Å². The smallest absolute Gasteiger partial charge is 0.310 e. The normalized spacial score (nSPS) is 25.9. The molecule has 1 aromatic heterocycles. The van der Waals surface area contributed by atoms with E-state index in [9.17, 15) is 21.6 Å². The van der Waals surface area contributed by atoms with E-state index in [2.05, 4.69) is 10.4 Å². The first-order chi connectivity index (χ1) is 10.2. The molecule has 2 unspecified atom stereocenters. The molecule has 0 spiro atoms. The Kier molecular flexibility index (Phi) is 5.29. The topological polar surface area (TPSA) is 67.2 Å². The Morgan fingerprint density at radius 1 is 1.26 bits per heavy atom. The molecular formula is C12H18ClF3N4O2S. The van der Waals surface area contributed by atoms with E-state index in [4.69, 9.17) is 0 Å². The zero-order valence-corrected chi connectivity index (χ0v) is 13.8. The van der Waals surface area contributed by atoms with Gasteiger partial charge in [-0.25, -0.2) is 8.42 Å². The Labute approximate surface area is 138 Å². The van der Waals surface area contributed by atoms with Crippen LogP contribution >= 0.6 is 12.4 Å². The van der Waals surface area contributed by atoms with Crippen LogP contribution in [-0.2, 0) is 16.6 Å². The summed E-state index contributed by atoms with van der Waals surface area (Å²) >= 11 is 0. The van der Waals surface area contributed by atoms with Crippen molar-refractivity contribution in [3.63, 3.8) is 0 Å². The van der Waals surface area contributed by atoms with Gasteiger partial charge < -0.3 is 5.32 Å². The number of sulfonamides is 1. The van der Waals surface area contributed by atoms with E-state index in [0.29, 0.717) is 30.2 Å². The van der Waals surface area contributed by atoms with Crippen molar-refractivity contribution in [2.75, 3.05) is 13.1 Å². The summed E-state index contributed by atoms with van der Waals surface area (Å²) in [6.45, 7) is -0.570. The number of nitrogens with one attached hydrogen (secondary N) is 1. The summed E-state index contributed by atoms with van der Waals surface area (Å²) in [6, 6.07) is 0.450. The summed E-state index contributed by atoms with van der Waals surface area (Å²) in [7, 11) is -3.80. The van der Waals surface area contributed by atoms with Crippen LogP contribution in [0.5, 0.6) is 0 Å². The lowest BCUT2D eigenvalue weighted by atomic mass is 10.1. The quantitative estimate of drug-likeness (QED) is 0.868. The van der Waals surface area contributed by atoms with E-state index in [1.165, 1.54) is 4.31 Å². The molecular weight excluding hydrogens is 357 g/mol. The Morgan fingerprint density at radius 3 is 2.65 bits per heavy atom. The van der Waals surface area contributed by atoms with Gasteiger partial charge in [0.1, 0.15) is 11.4 Å². The highest BCUT2D eigenvalue weighted by atomic mass is 35.5. The lowest BCUT2D eigenvalue weighted by molar-refractivity contribution is -0.142. The molecule has 3 heterocycles. The summed E-state index contributed by atoms with van der Waals surface area (Å²) in [6.07, 6.45) is 0.175. The maximum atomic E-state index is 12.6. The molecule has 132 valence electrons. The summed E-state index contributed by atoms with van der Waals surface area (Å²) in [5, 5.41) is 6.88. The van der Waals surface area contributed by atoms with Gasteiger partial charge >= 0.3 is 6.18 Å². The lowest BCUT2D eigenvalue weighted by Crippen LogP contribution is -2.38. The predicted molar refractivity (Wildman–Crippen MR) is 78.9 cm³/mol. The third-order valence-electron chi connectivity index (χ3n) is 4.07. The average molecular weight is 375 g/mol. The molecule has 0 radical (unpaired) electrons. The lowest BCUT2D eigenvalue weighted by Gasteiger charge is -2.22. The van der Waals surface area contributed by atoms with Crippen molar-refractivity contribution in [1.82, 2.24) is 19.4 Å². The highest BCUT2D eigenvalue weighted by Crippen LogP contribution is 2.25. The minimum atomic E-state index is -4.43. The second kappa shape index (κ2) is 6.58. The SMILES string of the molecule is Cl.O=S(=O)(c1cnn(CC(F)(F)F)c1)N1CCC2CCC(C1)N2. The number of halogens is 4. The fourth-order valence-corrected chi connectivity index (χ4v) is 4.48. The standard InChI is InChI=1S/C12H17F3N4O2S.ClH/c13-12(14,15)8-18-7-11(5-16-18)22(20,21)19-4-3-9-1-2-10(6-19)17-9;/h5,7,9-10,17H,1-4,6,8H2;1H. The van der Waals surface area contributed by atoms with Crippen LogP contribution in [0.15, 0.2) is 17.3 Å². The second-order valence-electron chi connectivity index (χ2n) is 5.78. The molecule has 1 N–H and O–H groups in total. The molecule has 2 saturated heterocycles. The zero-order valence-electron chi connectivity index (χ0n) is 12.2. The number of alkyl halides is 3. The number of hydrogen-bond acceptors (Lipinski definition) is 4. The van der Waals surface area contributed by atoms with Gasteiger partial charge in [0, 0.05) is 31.4 Å². The maximum absolute atomic E-state index is 12.6. The molecule has 1 aromatic rings. The van der Waals surface area contributed by atoms with Crippen LogP contribution in [-0.4, -0.2) is 53.9 Å². The molecule has 2 atom stereocenters. The number of aromatic nitrogens is 2. The number of rotatable bonds is 3. The summed E-state index contributed by atoms with van der Waals surface area (Å²) in [4.78, 5) is -0.186.